The Morgan fingerprint density at radius 2 is 2.04 bits per heavy atom. The minimum absolute atomic E-state index is 0.0352. The Kier molecular flexibility index (Phi) is 5.04. The van der Waals surface area contributed by atoms with Crippen LogP contribution in [0.3, 0.4) is 0 Å². The predicted octanol–water partition coefficient (Wildman–Crippen LogP) is 4.00. The molecule has 2 aromatic heterocycles. The quantitative estimate of drug-likeness (QED) is 0.722. The lowest BCUT2D eigenvalue weighted by molar-refractivity contribution is 0.0611. The van der Waals surface area contributed by atoms with Crippen LogP contribution in [0.1, 0.15) is 46.4 Å². The number of aryl methyl sites for hydroxylation is 1. The zero-order valence-electron chi connectivity index (χ0n) is 15.4. The summed E-state index contributed by atoms with van der Waals surface area (Å²) in [5.41, 5.74) is 10.6. The fourth-order valence-corrected chi connectivity index (χ4v) is 4.37. The minimum Gasteiger partial charge on any atom is -0.368 e. The molecule has 144 valence electrons. The summed E-state index contributed by atoms with van der Waals surface area (Å²) in [4.78, 5) is 28.6. The zero-order valence-corrected chi connectivity index (χ0v) is 16.2. The van der Waals surface area contributed by atoms with Crippen LogP contribution in [0.15, 0.2) is 36.0 Å². The van der Waals surface area contributed by atoms with Crippen LogP contribution in [-0.2, 0) is 0 Å². The van der Waals surface area contributed by atoms with E-state index in [0.717, 1.165) is 36.1 Å². The van der Waals surface area contributed by atoms with Crippen LogP contribution in [0, 0.1) is 12.7 Å². The number of nitrogens with two attached hydrogens (primary N) is 1. The highest BCUT2D eigenvalue weighted by molar-refractivity contribution is 7.11. The number of nitrogen functional groups attached to an aromatic ring is 1. The SMILES string of the molecule is Cc1ncsc1C(=O)N1CCCC[C@H]1c1nc(N)ncc1-c1ccc(F)cc1. The van der Waals surface area contributed by atoms with Gasteiger partial charge in [-0.2, -0.15) is 0 Å². The number of piperidine rings is 1. The minimum atomic E-state index is -0.309. The number of carbonyl (C=O) groups excluding carboxylic acids is 1. The topological polar surface area (TPSA) is 85.0 Å². The van der Waals surface area contributed by atoms with Gasteiger partial charge in [0.1, 0.15) is 10.7 Å². The van der Waals surface area contributed by atoms with Crippen LogP contribution >= 0.6 is 11.3 Å². The van der Waals surface area contributed by atoms with Crippen molar-refractivity contribution in [2.24, 2.45) is 0 Å². The van der Waals surface area contributed by atoms with Crippen molar-refractivity contribution in [1.29, 1.82) is 0 Å². The number of thiazole rings is 1. The van der Waals surface area contributed by atoms with E-state index in [0.29, 0.717) is 17.1 Å². The van der Waals surface area contributed by atoms with Gasteiger partial charge < -0.3 is 10.6 Å². The van der Waals surface area contributed by atoms with Gasteiger partial charge in [-0.25, -0.2) is 19.3 Å². The van der Waals surface area contributed by atoms with E-state index in [2.05, 4.69) is 15.0 Å². The van der Waals surface area contributed by atoms with Crippen molar-refractivity contribution in [2.75, 3.05) is 12.3 Å². The number of nitrogens with zero attached hydrogens (tertiary/aromatic N) is 4. The Balaban J connectivity index is 1.77. The van der Waals surface area contributed by atoms with Gasteiger partial charge in [0.05, 0.1) is 22.9 Å². The number of amides is 1. The number of likely N-dealkylation sites (tertiary alicyclic amines) is 1. The summed E-state index contributed by atoms with van der Waals surface area (Å²) in [7, 11) is 0. The Labute approximate surface area is 166 Å². The van der Waals surface area contributed by atoms with E-state index in [9.17, 15) is 9.18 Å². The summed E-state index contributed by atoms with van der Waals surface area (Å²) < 4.78 is 13.4. The van der Waals surface area contributed by atoms with Gasteiger partial charge in [0.25, 0.3) is 5.91 Å². The van der Waals surface area contributed by atoms with Crippen LogP contribution in [0.2, 0.25) is 0 Å². The van der Waals surface area contributed by atoms with Crippen molar-refractivity contribution in [3.63, 3.8) is 0 Å². The van der Waals surface area contributed by atoms with Crippen molar-refractivity contribution in [2.45, 2.75) is 32.2 Å². The second-order valence-corrected chi connectivity index (χ2v) is 7.67. The summed E-state index contributed by atoms with van der Waals surface area (Å²) in [6.45, 7) is 2.49. The molecule has 1 aliphatic rings. The number of carbonyl (C=O) groups is 1. The molecule has 0 radical (unpaired) electrons. The van der Waals surface area contributed by atoms with Gasteiger partial charge in [-0.3, -0.25) is 4.79 Å². The number of hydrogen-bond donors (Lipinski definition) is 1. The van der Waals surface area contributed by atoms with E-state index in [4.69, 9.17) is 5.73 Å². The van der Waals surface area contributed by atoms with Crippen LogP contribution in [0.25, 0.3) is 11.1 Å². The largest absolute Gasteiger partial charge is 0.368 e. The number of rotatable bonds is 3. The zero-order chi connectivity index (χ0) is 19.7. The van der Waals surface area contributed by atoms with Crippen molar-refractivity contribution in [1.82, 2.24) is 19.9 Å². The maximum absolute atomic E-state index is 13.4. The molecule has 0 saturated carbocycles. The van der Waals surface area contributed by atoms with Gasteiger partial charge in [0.2, 0.25) is 5.95 Å². The number of halogens is 1. The van der Waals surface area contributed by atoms with Crippen LogP contribution in [0.5, 0.6) is 0 Å². The summed E-state index contributed by atoms with van der Waals surface area (Å²) in [6, 6.07) is 5.97. The van der Waals surface area contributed by atoms with Gasteiger partial charge in [-0.05, 0) is 43.9 Å². The first kappa shape index (κ1) is 18.5. The van der Waals surface area contributed by atoms with Gasteiger partial charge in [-0.1, -0.05) is 12.1 Å². The van der Waals surface area contributed by atoms with Crippen LogP contribution in [0.4, 0.5) is 10.3 Å². The third kappa shape index (κ3) is 3.47. The molecule has 0 spiro atoms. The molecule has 0 unspecified atom stereocenters. The smallest absolute Gasteiger partial charge is 0.266 e. The maximum Gasteiger partial charge on any atom is 0.266 e. The maximum atomic E-state index is 13.4. The molecule has 6 nitrogen and oxygen atoms in total. The second-order valence-electron chi connectivity index (χ2n) is 6.81. The molecule has 1 atom stereocenters. The fraction of sp³-hybridized carbons (Fsp3) is 0.300. The Hall–Kier alpha value is -2.87. The van der Waals surface area contributed by atoms with Gasteiger partial charge in [0.15, 0.2) is 0 Å². The van der Waals surface area contributed by atoms with Crippen LogP contribution in [-0.4, -0.2) is 32.3 Å². The van der Waals surface area contributed by atoms with Crippen molar-refractivity contribution >= 4 is 23.2 Å². The van der Waals surface area contributed by atoms with E-state index in [1.54, 1.807) is 23.8 Å². The highest BCUT2D eigenvalue weighted by Gasteiger charge is 2.33. The highest BCUT2D eigenvalue weighted by atomic mass is 32.1. The van der Waals surface area contributed by atoms with Crippen molar-refractivity contribution < 1.29 is 9.18 Å². The number of anilines is 1. The monoisotopic (exact) mass is 397 g/mol. The molecule has 3 heterocycles. The van der Waals surface area contributed by atoms with Gasteiger partial charge >= 0.3 is 0 Å². The standard InChI is InChI=1S/C20H20FN5OS/c1-12-18(28-11-24-12)19(27)26-9-3-2-4-16(26)17-15(10-23-20(22)25-17)13-5-7-14(21)8-6-13/h5-8,10-11,16H,2-4,9H2,1H3,(H2,22,23,25)/t16-/m0/s1. The Morgan fingerprint density at radius 1 is 1.25 bits per heavy atom. The summed E-state index contributed by atoms with van der Waals surface area (Å²) in [6.07, 6.45) is 4.36. The first-order chi connectivity index (χ1) is 13.5. The molecule has 28 heavy (non-hydrogen) atoms. The molecular formula is C20H20FN5OS. The van der Waals surface area contributed by atoms with E-state index in [-0.39, 0.29) is 23.7 Å². The molecule has 0 aliphatic carbocycles. The molecule has 1 aliphatic heterocycles. The van der Waals surface area contributed by atoms with Gasteiger partial charge in [0, 0.05) is 18.3 Å². The van der Waals surface area contributed by atoms with E-state index in [1.165, 1.54) is 23.5 Å². The number of benzene rings is 1. The average Bonchev–Trinajstić information content (AvgIpc) is 3.14. The van der Waals surface area contributed by atoms with E-state index >= 15 is 0 Å². The first-order valence-electron chi connectivity index (χ1n) is 9.14. The number of aromatic nitrogens is 3. The third-order valence-corrected chi connectivity index (χ3v) is 5.93. The summed E-state index contributed by atoms with van der Waals surface area (Å²) >= 11 is 1.35. The molecule has 1 fully saturated rings. The molecular weight excluding hydrogens is 377 g/mol. The molecule has 1 aromatic carbocycles. The summed E-state index contributed by atoms with van der Waals surface area (Å²) in [5, 5.41) is 0. The second kappa shape index (κ2) is 7.63. The van der Waals surface area contributed by atoms with Crippen LogP contribution < -0.4 is 5.73 Å². The van der Waals surface area contributed by atoms with Gasteiger partial charge in [-0.15, -0.1) is 11.3 Å². The molecule has 8 heteroatoms. The van der Waals surface area contributed by atoms with Crippen molar-refractivity contribution in [3.05, 3.63) is 58.1 Å². The number of hydrogen-bond acceptors (Lipinski definition) is 6. The average molecular weight is 397 g/mol. The Morgan fingerprint density at radius 3 is 2.75 bits per heavy atom. The van der Waals surface area contributed by atoms with E-state index < -0.39 is 0 Å². The molecule has 1 amide bonds. The molecule has 0 bridgehead atoms. The molecule has 2 N–H and O–H groups in total. The predicted molar refractivity (Wildman–Crippen MR) is 106 cm³/mol. The van der Waals surface area contributed by atoms with Crippen molar-refractivity contribution in [3.8, 4) is 11.1 Å². The van der Waals surface area contributed by atoms with E-state index in [1.807, 2.05) is 11.8 Å². The lowest BCUT2D eigenvalue weighted by Gasteiger charge is -2.36. The molecule has 1 saturated heterocycles. The Bertz CT molecular complexity index is 1000. The lowest BCUT2D eigenvalue weighted by atomic mass is 9.93. The first-order valence-corrected chi connectivity index (χ1v) is 10.0. The third-order valence-electron chi connectivity index (χ3n) is 5.01. The molecule has 3 aromatic rings. The normalized spacial score (nSPS) is 16.9. The summed E-state index contributed by atoms with van der Waals surface area (Å²) in [5.74, 6) is -0.184. The highest BCUT2D eigenvalue weighted by Crippen LogP contribution is 2.37. The fourth-order valence-electron chi connectivity index (χ4n) is 3.61. The molecule has 4 rings (SSSR count). The lowest BCUT2D eigenvalue weighted by Crippen LogP contribution is -2.39.